The predicted molar refractivity (Wildman–Crippen MR) is 146 cm³/mol. The van der Waals surface area contributed by atoms with Crippen molar-refractivity contribution in [1.29, 1.82) is 0 Å². The molecule has 1 heterocycles. The standard InChI is InChI=1S/C30H35N3O4/c1-20-10-8-13-26(21(20)2)37-17-9-16-33-25-12-7-6-11-24(25)32-30(33)22(3)31-29(34)19-23-14-15-27(35-4)28(18-23)36-5/h6-8,10-15,18,22H,9,16-17,19H2,1-5H3,(H,31,34). The first-order valence-corrected chi connectivity index (χ1v) is 12.6. The van der Waals surface area contributed by atoms with Gasteiger partial charge in [-0.2, -0.15) is 0 Å². The highest BCUT2D eigenvalue weighted by molar-refractivity contribution is 5.80. The van der Waals surface area contributed by atoms with Crippen LogP contribution in [0.15, 0.2) is 60.7 Å². The number of benzene rings is 3. The molecule has 1 aromatic heterocycles. The summed E-state index contributed by atoms with van der Waals surface area (Å²) in [5.74, 6) is 2.90. The number of fused-ring (bicyclic) bond motifs is 1. The summed E-state index contributed by atoms with van der Waals surface area (Å²) in [5, 5.41) is 3.12. The molecule has 4 rings (SSSR count). The van der Waals surface area contributed by atoms with E-state index in [2.05, 4.69) is 35.9 Å². The number of hydrogen-bond acceptors (Lipinski definition) is 5. The molecule has 3 aromatic carbocycles. The van der Waals surface area contributed by atoms with Crippen molar-refractivity contribution >= 4 is 16.9 Å². The van der Waals surface area contributed by atoms with Crippen LogP contribution in [-0.4, -0.2) is 36.3 Å². The van der Waals surface area contributed by atoms with Gasteiger partial charge in [0.15, 0.2) is 11.5 Å². The molecule has 0 radical (unpaired) electrons. The van der Waals surface area contributed by atoms with Crippen LogP contribution in [0.3, 0.4) is 0 Å². The van der Waals surface area contributed by atoms with Crippen LogP contribution in [0.1, 0.15) is 41.9 Å². The molecule has 4 aromatic rings. The fourth-order valence-corrected chi connectivity index (χ4v) is 4.48. The molecule has 1 amide bonds. The van der Waals surface area contributed by atoms with Crippen LogP contribution in [0.4, 0.5) is 0 Å². The third kappa shape index (κ3) is 6.05. The second-order valence-electron chi connectivity index (χ2n) is 9.17. The molecule has 0 saturated heterocycles. The molecule has 1 N–H and O–H groups in total. The zero-order valence-electron chi connectivity index (χ0n) is 22.2. The topological polar surface area (TPSA) is 74.6 Å². The molecule has 7 nitrogen and oxygen atoms in total. The van der Waals surface area contributed by atoms with E-state index in [-0.39, 0.29) is 18.4 Å². The number of carbonyl (C=O) groups is 1. The Bertz CT molecular complexity index is 1380. The number of nitrogens with zero attached hydrogens (tertiary/aromatic N) is 2. The van der Waals surface area contributed by atoms with Crippen molar-refractivity contribution in [1.82, 2.24) is 14.9 Å². The minimum absolute atomic E-state index is 0.0865. The summed E-state index contributed by atoms with van der Waals surface area (Å²) in [5.41, 5.74) is 5.19. The zero-order chi connectivity index (χ0) is 26.4. The Labute approximate surface area is 218 Å². The van der Waals surface area contributed by atoms with Crippen LogP contribution in [0.2, 0.25) is 0 Å². The van der Waals surface area contributed by atoms with Crippen molar-refractivity contribution < 1.29 is 19.0 Å². The lowest BCUT2D eigenvalue weighted by molar-refractivity contribution is -0.121. The number of imidazole rings is 1. The number of methoxy groups -OCH3 is 2. The molecule has 0 aliphatic carbocycles. The van der Waals surface area contributed by atoms with Crippen molar-refractivity contribution in [3.63, 3.8) is 0 Å². The Balaban J connectivity index is 1.44. The maximum absolute atomic E-state index is 12.9. The first-order chi connectivity index (χ1) is 17.9. The zero-order valence-corrected chi connectivity index (χ0v) is 22.2. The van der Waals surface area contributed by atoms with E-state index in [1.54, 1.807) is 14.2 Å². The van der Waals surface area contributed by atoms with Crippen LogP contribution in [0, 0.1) is 13.8 Å². The number of rotatable bonds is 11. The number of amides is 1. The molecular weight excluding hydrogens is 466 g/mol. The number of nitrogens with one attached hydrogen (secondary N) is 1. The van der Waals surface area contributed by atoms with Crippen molar-refractivity contribution in [3.05, 3.63) is 83.2 Å². The minimum Gasteiger partial charge on any atom is -0.493 e. The minimum atomic E-state index is -0.264. The molecule has 7 heteroatoms. The van der Waals surface area contributed by atoms with Gasteiger partial charge in [-0.1, -0.05) is 30.3 Å². The summed E-state index contributed by atoms with van der Waals surface area (Å²) in [7, 11) is 3.18. The summed E-state index contributed by atoms with van der Waals surface area (Å²) < 4.78 is 18.9. The number of aromatic nitrogens is 2. The Morgan fingerprint density at radius 2 is 1.76 bits per heavy atom. The quantitative estimate of drug-likeness (QED) is 0.272. The number of hydrogen-bond donors (Lipinski definition) is 1. The SMILES string of the molecule is COc1ccc(CC(=O)NC(C)c2nc3ccccc3n2CCCOc2cccc(C)c2C)cc1OC. The van der Waals surface area contributed by atoms with Crippen LogP contribution in [0.5, 0.6) is 17.2 Å². The average Bonchev–Trinajstić information content (AvgIpc) is 3.27. The third-order valence-electron chi connectivity index (χ3n) is 6.60. The van der Waals surface area contributed by atoms with Gasteiger partial charge in [0.25, 0.3) is 0 Å². The van der Waals surface area contributed by atoms with E-state index in [0.717, 1.165) is 41.1 Å². The summed E-state index contributed by atoms with van der Waals surface area (Å²) in [6.45, 7) is 7.47. The third-order valence-corrected chi connectivity index (χ3v) is 6.60. The largest absolute Gasteiger partial charge is 0.493 e. The number of para-hydroxylation sites is 2. The van der Waals surface area contributed by atoms with Crippen molar-refractivity contribution in [2.75, 3.05) is 20.8 Å². The second-order valence-corrected chi connectivity index (χ2v) is 9.17. The van der Waals surface area contributed by atoms with Gasteiger partial charge in [-0.15, -0.1) is 0 Å². The molecule has 0 saturated carbocycles. The van der Waals surface area contributed by atoms with E-state index in [9.17, 15) is 4.79 Å². The fourth-order valence-electron chi connectivity index (χ4n) is 4.48. The fraction of sp³-hybridized carbons (Fsp3) is 0.333. The van der Waals surface area contributed by atoms with Gasteiger partial charge in [0, 0.05) is 6.54 Å². The van der Waals surface area contributed by atoms with Gasteiger partial charge in [-0.25, -0.2) is 4.98 Å². The molecule has 0 bridgehead atoms. The molecule has 0 spiro atoms. The van der Waals surface area contributed by atoms with Crippen LogP contribution in [0.25, 0.3) is 11.0 Å². The molecule has 1 atom stereocenters. The smallest absolute Gasteiger partial charge is 0.224 e. The molecule has 37 heavy (non-hydrogen) atoms. The molecule has 0 aliphatic rings. The van der Waals surface area contributed by atoms with E-state index in [1.165, 1.54) is 11.1 Å². The lowest BCUT2D eigenvalue weighted by atomic mass is 10.1. The normalized spacial score (nSPS) is 11.8. The first kappa shape index (κ1) is 26.1. The predicted octanol–water partition coefficient (Wildman–Crippen LogP) is 5.56. The summed E-state index contributed by atoms with van der Waals surface area (Å²) in [6, 6.07) is 19.4. The van der Waals surface area contributed by atoms with Gasteiger partial charge >= 0.3 is 0 Å². The van der Waals surface area contributed by atoms with Gasteiger partial charge in [0.1, 0.15) is 11.6 Å². The molecule has 0 fully saturated rings. The van der Waals surface area contributed by atoms with Crippen LogP contribution < -0.4 is 19.5 Å². The maximum Gasteiger partial charge on any atom is 0.224 e. The highest BCUT2D eigenvalue weighted by Crippen LogP contribution is 2.28. The van der Waals surface area contributed by atoms with Gasteiger partial charge in [-0.05, 0) is 74.2 Å². The lowest BCUT2D eigenvalue weighted by Gasteiger charge is -2.17. The van der Waals surface area contributed by atoms with E-state index >= 15 is 0 Å². The number of aryl methyl sites for hydroxylation is 2. The number of ether oxygens (including phenoxy) is 3. The molecule has 1 unspecified atom stereocenters. The van der Waals surface area contributed by atoms with Crippen LogP contribution in [-0.2, 0) is 17.8 Å². The van der Waals surface area contributed by atoms with Crippen molar-refractivity contribution in [2.45, 2.75) is 46.2 Å². The monoisotopic (exact) mass is 501 g/mol. The molecule has 194 valence electrons. The van der Waals surface area contributed by atoms with E-state index in [0.29, 0.717) is 18.1 Å². The van der Waals surface area contributed by atoms with Crippen molar-refractivity contribution in [2.24, 2.45) is 0 Å². The maximum atomic E-state index is 12.9. The summed E-state index contributed by atoms with van der Waals surface area (Å²) in [4.78, 5) is 17.8. The Hall–Kier alpha value is -4.00. The van der Waals surface area contributed by atoms with E-state index < -0.39 is 0 Å². The molecular formula is C30H35N3O4. The van der Waals surface area contributed by atoms with Gasteiger partial charge in [0.05, 0.1) is 44.3 Å². The first-order valence-electron chi connectivity index (χ1n) is 12.6. The number of carbonyl (C=O) groups excluding carboxylic acids is 1. The van der Waals surface area contributed by atoms with Gasteiger partial charge in [0.2, 0.25) is 5.91 Å². The Kier molecular flexibility index (Phi) is 8.33. The highest BCUT2D eigenvalue weighted by atomic mass is 16.5. The van der Waals surface area contributed by atoms with E-state index in [4.69, 9.17) is 19.2 Å². The second kappa shape index (κ2) is 11.8. The van der Waals surface area contributed by atoms with Gasteiger partial charge < -0.3 is 24.1 Å². The van der Waals surface area contributed by atoms with Crippen LogP contribution >= 0.6 is 0 Å². The lowest BCUT2D eigenvalue weighted by Crippen LogP contribution is -2.30. The highest BCUT2D eigenvalue weighted by Gasteiger charge is 2.19. The average molecular weight is 502 g/mol. The Morgan fingerprint density at radius 3 is 2.54 bits per heavy atom. The van der Waals surface area contributed by atoms with E-state index in [1.807, 2.05) is 55.5 Å². The summed E-state index contributed by atoms with van der Waals surface area (Å²) in [6.07, 6.45) is 1.04. The molecule has 0 aliphatic heterocycles. The summed E-state index contributed by atoms with van der Waals surface area (Å²) >= 11 is 0. The van der Waals surface area contributed by atoms with Crippen molar-refractivity contribution in [3.8, 4) is 17.2 Å². The Morgan fingerprint density at radius 1 is 0.973 bits per heavy atom. The van der Waals surface area contributed by atoms with Gasteiger partial charge in [-0.3, -0.25) is 4.79 Å².